The van der Waals surface area contributed by atoms with E-state index in [0.29, 0.717) is 5.82 Å². The fourth-order valence-electron chi connectivity index (χ4n) is 2.15. The Bertz CT molecular complexity index is 782. The summed E-state index contributed by atoms with van der Waals surface area (Å²) in [6.07, 6.45) is 2.00. The molecule has 3 aromatic rings. The topological polar surface area (TPSA) is 52.8 Å². The van der Waals surface area contributed by atoms with Gasteiger partial charge in [0.05, 0.1) is 5.69 Å². The van der Waals surface area contributed by atoms with Crippen LogP contribution in [-0.2, 0) is 0 Å². The summed E-state index contributed by atoms with van der Waals surface area (Å²) in [6, 6.07) is 18.0. The summed E-state index contributed by atoms with van der Waals surface area (Å²) in [5.41, 5.74) is 1.85. The maximum Gasteiger partial charge on any atom is 0.185 e. The molecule has 0 unspecified atom stereocenters. The zero-order valence-corrected chi connectivity index (χ0v) is 11.0. The SMILES string of the molecule is CN(C#N)c1ccc(-c2cccc3ccccc23)nn1. The van der Waals surface area contributed by atoms with Crippen molar-refractivity contribution in [2.45, 2.75) is 0 Å². The van der Waals surface area contributed by atoms with Crippen LogP contribution in [0.25, 0.3) is 22.0 Å². The molecule has 0 bridgehead atoms. The summed E-state index contributed by atoms with van der Waals surface area (Å²) < 4.78 is 0. The standard InChI is InChI=1S/C16H12N4/c1-20(11-17)16-10-9-15(18-19-16)14-8-4-6-12-5-2-3-7-13(12)14/h2-10H,1H3. The molecular formula is C16H12N4. The van der Waals surface area contributed by atoms with E-state index in [-0.39, 0.29) is 0 Å². The van der Waals surface area contributed by atoms with Gasteiger partial charge in [0, 0.05) is 12.6 Å². The monoisotopic (exact) mass is 260 g/mol. The second kappa shape index (κ2) is 4.98. The van der Waals surface area contributed by atoms with Crippen LogP contribution in [-0.4, -0.2) is 17.2 Å². The first kappa shape index (κ1) is 12.1. The number of fused-ring (bicyclic) bond motifs is 1. The zero-order chi connectivity index (χ0) is 13.9. The predicted octanol–water partition coefficient (Wildman–Crippen LogP) is 3.21. The predicted molar refractivity (Wildman–Crippen MR) is 79.0 cm³/mol. The lowest BCUT2D eigenvalue weighted by Gasteiger charge is -2.08. The van der Waals surface area contributed by atoms with Gasteiger partial charge in [0.25, 0.3) is 0 Å². The first-order valence-electron chi connectivity index (χ1n) is 6.25. The molecule has 96 valence electrons. The summed E-state index contributed by atoms with van der Waals surface area (Å²) in [5, 5.41) is 19.5. The molecule has 0 aliphatic rings. The van der Waals surface area contributed by atoms with E-state index in [1.54, 1.807) is 13.1 Å². The average Bonchev–Trinajstić information content (AvgIpc) is 2.54. The van der Waals surface area contributed by atoms with Gasteiger partial charge < -0.3 is 0 Å². The number of benzene rings is 2. The van der Waals surface area contributed by atoms with E-state index >= 15 is 0 Å². The maximum atomic E-state index is 8.82. The Morgan fingerprint density at radius 2 is 1.75 bits per heavy atom. The highest BCUT2D eigenvalue weighted by Gasteiger charge is 2.07. The van der Waals surface area contributed by atoms with E-state index in [0.717, 1.165) is 16.6 Å². The van der Waals surface area contributed by atoms with Gasteiger partial charge in [0.1, 0.15) is 0 Å². The van der Waals surface area contributed by atoms with Gasteiger partial charge in [-0.15, -0.1) is 10.2 Å². The van der Waals surface area contributed by atoms with Crippen molar-refractivity contribution in [3.63, 3.8) is 0 Å². The third-order valence-electron chi connectivity index (χ3n) is 3.21. The second-order valence-corrected chi connectivity index (χ2v) is 4.46. The average molecular weight is 260 g/mol. The van der Waals surface area contributed by atoms with Gasteiger partial charge in [0.2, 0.25) is 0 Å². The molecule has 0 aliphatic heterocycles. The van der Waals surface area contributed by atoms with Crippen LogP contribution in [0.1, 0.15) is 0 Å². The second-order valence-electron chi connectivity index (χ2n) is 4.46. The largest absolute Gasteiger partial charge is 0.265 e. The Kier molecular flexibility index (Phi) is 3.02. The van der Waals surface area contributed by atoms with E-state index in [4.69, 9.17) is 5.26 Å². The maximum absolute atomic E-state index is 8.82. The van der Waals surface area contributed by atoms with E-state index in [2.05, 4.69) is 28.4 Å². The summed E-state index contributed by atoms with van der Waals surface area (Å²) >= 11 is 0. The molecule has 0 aliphatic carbocycles. The van der Waals surface area contributed by atoms with Gasteiger partial charge in [-0.1, -0.05) is 42.5 Å². The highest BCUT2D eigenvalue weighted by molar-refractivity contribution is 5.95. The Balaban J connectivity index is 2.10. The van der Waals surface area contributed by atoms with E-state index in [1.165, 1.54) is 10.3 Å². The molecule has 0 radical (unpaired) electrons. The van der Waals surface area contributed by atoms with Gasteiger partial charge in [0.15, 0.2) is 12.0 Å². The van der Waals surface area contributed by atoms with Crippen molar-refractivity contribution < 1.29 is 0 Å². The van der Waals surface area contributed by atoms with Gasteiger partial charge in [-0.3, -0.25) is 4.90 Å². The molecule has 4 nitrogen and oxygen atoms in total. The van der Waals surface area contributed by atoms with Crippen molar-refractivity contribution in [3.05, 3.63) is 54.6 Å². The minimum Gasteiger partial charge on any atom is -0.265 e. The first-order valence-corrected chi connectivity index (χ1v) is 6.25. The number of aromatic nitrogens is 2. The van der Waals surface area contributed by atoms with Crippen molar-refractivity contribution in [3.8, 4) is 17.5 Å². The van der Waals surface area contributed by atoms with E-state index < -0.39 is 0 Å². The fourth-order valence-corrected chi connectivity index (χ4v) is 2.15. The molecule has 1 aromatic heterocycles. The summed E-state index contributed by atoms with van der Waals surface area (Å²) in [6.45, 7) is 0. The molecule has 0 amide bonds. The van der Waals surface area contributed by atoms with Gasteiger partial charge in [-0.2, -0.15) is 5.26 Å². The van der Waals surface area contributed by atoms with Crippen LogP contribution in [0.5, 0.6) is 0 Å². The quantitative estimate of drug-likeness (QED) is 0.524. The minimum atomic E-state index is 0.538. The number of hydrogen-bond donors (Lipinski definition) is 0. The highest BCUT2D eigenvalue weighted by atomic mass is 15.2. The zero-order valence-electron chi connectivity index (χ0n) is 11.0. The van der Waals surface area contributed by atoms with Gasteiger partial charge in [-0.25, -0.2) is 0 Å². The minimum absolute atomic E-state index is 0.538. The van der Waals surface area contributed by atoms with E-state index in [9.17, 15) is 0 Å². The molecule has 2 aromatic carbocycles. The smallest absolute Gasteiger partial charge is 0.185 e. The van der Waals surface area contributed by atoms with Gasteiger partial charge >= 0.3 is 0 Å². The number of nitrogens with zero attached hydrogens (tertiary/aromatic N) is 4. The molecule has 0 saturated carbocycles. The van der Waals surface area contributed by atoms with Crippen LogP contribution in [0, 0.1) is 11.5 Å². The molecule has 0 spiro atoms. The molecule has 0 saturated heterocycles. The van der Waals surface area contributed by atoms with E-state index in [1.807, 2.05) is 36.5 Å². The Morgan fingerprint density at radius 1 is 0.950 bits per heavy atom. The Hall–Kier alpha value is -2.93. The molecule has 20 heavy (non-hydrogen) atoms. The van der Waals surface area contributed by atoms with Crippen molar-refractivity contribution in [2.75, 3.05) is 11.9 Å². The summed E-state index contributed by atoms with van der Waals surface area (Å²) in [4.78, 5) is 1.37. The van der Waals surface area contributed by atoms with Crippen molar-refractivity contribution in [1.29, 1.82) is 5.26 Å². The molecule has 0 fully saturated rings. The van der Waals surface area contributed by atoms with Gasteiger partial charge in [-0.05, 0) is 22.9 Å². The van der Waals surface area contributed by atoms with Crippen molar-refractivity contribution in [2.24, 2.45) is 0 Å². The Morgan fingerprint density at radius 3 is 2.50 bits per heavy atom. The Labute approximate surface area is 116 Å². The van der Waals surface area contributed by atoms with Crippen LogP contribution in [0.4, 0.5) is 5.82 Å². The lowest BCUT2D eigenvalue weighted by atomic mass is 10.0. The number of rotatable bonds is 2. The molecule has 4 heteroatoms. The van der Waals surface area contributed by atoms with Crippen molar-refractivity contribution in [1.82, 2.24) is 10.2 Å². The molecule has 1 heterocycles. The molecule has 0 atom stereocenters. The summed E-state index contributed by atoms with van der Waals surface area (Å²) in [5.74, 6) is 0.538. The van der Waals surface area contributed by atoms with Crippen LogP contribution in [0.2, 0.25) is 0 Å². The number of hydrogen-bond acceptors (Lipinski definition) is 4. The summed E-state index contributed by atoms with van der Waals surface area (Å²) in [7, 11) is 1.65. The fraction of sp³-hybridized carbons (Fsp3) is 0.0625. The lowest BCUT2D eigenvalue weighted by molar-refractivity contribution is 0.995. The van der Waals surface area contributed by atoms with Crippen LogP contribution in [0.3, 0.4) is 0 Å². The number of anilines is 1. The van der Waals surface area contributed by atoms with Crippen LogP contribution >= 0.6 is 0 Å². The van der Waals surface area contributed by atoms with Crippen molar-refractivity contribution >= 4 is 16.6 Å². The molecular weight excluding hydrogens is 248 g/mol. The molecule has 0 N–H and O–H groups in total. The highest BCUT2D eigenvalue weighted by Crippen LogP contribution is 2.27. The lowest BCUT2D eigenvalue weighted by Crippen LogP contribution is -2.10. The normalized spacial score (nSPS) is 10.2. The van der Waals surface area contributed by atoms with Crippen LogP contribution in [0.15, 0.2) is 54.6 Å². The number of nitriles is 1. The molecule has 3 rings (SSSR count). The third kappa shape index (κ3) is 2.06. The third-order valence-corrected chi connectivity index (χ3v) is 3.21. The van der Waals surface area contributed by atoms with Crippen LogP contribution < -0.4 is 4.90 Å². The first-order chi connectivity index (χ1) is 9.79.